The molecule has 0 bridgehead atoms. The third-order valence-electron chi connectivity index (χ3n) is 10.7. The van der Waals surface area contributed by atoms with Crippen LogP contribution in [-0.4, -0.2) is 94.9 Å². The quantitative estimate of drug-likeness (QED) is 0.0251. The lowest BCUT2D eigenvalue weighted by molar-refractivity contribution is -0.461. The molecule has 0 fully saturated rings. The number of allylic oxidation sites excluding steroid dienone is 1. The van der Waals surface area contributed by atoms with Crippen molar-refractivity contribution in [2.75, 3.05) is 32.2 Å². The van der Waals surface area contributed by atoms with Gasteiger partial charge in [-0.3, -0.25) is 5.32 Å². The van der Waals surface area contributed by atoms with Crippen LogP contribution in [-0.2, 0) is 18.7 Å². The SMILES string of the molecule is C=CCOC(=O)/C=C/C[C@H](C)[C@@H](OC(=O)Nc1ccc(OC)cc1)c1ccc(OCCO[Si](CCC(F)(F)C(F)(F)C(F)(F)C(F)(F)C(F)(F)C(F)(F)C(F)(F)C(F)(F)F)(C(C)C)C(C)C)cc1. The summed E-state index contributed by atoms with van der Waals surface area (Å²) in [5.74, 6) is -57.4. The Balaban J connectivity index is 2.30. The van der Waals surface area contributed by atoms with Crippen molar-refractivity contribution >= 4 is 26.1 Å². The van der Waals surface area contributed by atoms with Gasteiger partial charge in [0.05, 0.1) is 13.7 Å². The summed E-state index contributed by atoms with van der Waals surface area (Å²) in [6, 6.07) is 10.7. The van der Waals surface area contributed by atoms with Crippen LogP contribution >= 0.6 is 0 Å². The Morgan fingerprint density at radius 2 is 1.16 bits per heavy atom. The van der Waals surface area contributed by atoms with Gasteiger partial charge in [0, 0.05) is 24.1 Å². The lowest BCUT2D eigenvalue weighted by atomic mass is 9.88. The molecule has 68 heavy (non-hydrogen) atoms. The number of benzene rings is 2. The van der Waals surface area contributed by atoms with Gasteiger partial charge in [-0.2, -0.15) is 74.6 Å². The minimum atomic E-state index is -8.70. The molecule has 0 saturated carbocycles. The number of ether oxygens (including phenoxy) is 4. The number of carbonyl (C=O) groups excluding carboxylic acids is 2. The molecule has 0 saturated heterocycles. The number of hydrogen-bond acceptors (Lipinski definition) is 7. The first-order valence-corrected chi connectivity index (χ1v) is 22.4. The molecule has 0 aliphatic carbocycles. The molecule has 2 aromatic carbocycles. The van der Waals surface area contributed by atoms with Gasteiger partial charge in [-0.05, 0) is 65.5 Å². The van der Waals surface area contributed by atoms with Crippen LogP contribution in [0.15, 0.2) is 73.3 Å². The molecule has 2 atom stereocenters. The topological polar surface area (TPSA) is 92.3 Å². The molecule has 386 valence electrons. The van der Waals surface area contributed by atoms with Gasteiger partial charge in [0.2, 0.25) is 0 Å². The second-order valence-corrected chi connectivity index (χ2v) is 20.9. The van der Waals surface area contributed by atoms with Gasteiger partial charge in [0.1, 0.15) is 30.8 Å². The molecule has 1 amide bonds. The first kappa shape index (κ1) is 59.4. The first-order valence-electron chi connectivity index (χ1n) is 20.1. The summed E-state index contributed by atoms with van der Waals surface area (Å²) in [6.07, 6.45) is -8.02. The Morgan fingerprint density at radius 1 is 0.676 bits per heavy atom. The highest BCUT2D eigenvalue weighted by atomic mass is 28.4. The zero-order valence-electron chi connectivity index (χ0n) is 36.9. The van der Waals surface area contributed by atoms with Crippen LogP contribution < -0.4 is 14.8 Å². The predicted octanol–water partition coefficient (Wildman–Crippen LogP) is 13.9. The van der Waals surface area contributed by atoms with Crippen molar-refractivity contribution in [2.45, 2.75) is 118 Å². The Bertz CT molecular complexity index is 1990. The van der Waals surface area contributed by atoms with Gasteiger partial charge in [-0.15, -0.1) is 0 Å². The van der Waals surface area contributed by atoms with E-state index in [4.69, 9.17) is 23.4 Å². The number of methoxy groups -OCH3 is 1. The van der Waals surface area contributed by atoms with Crippen molar-refractivity contribution in [1.29, 1.82) is 0 Å². The van der Waals surface area contributed by atoms with E-state index in [-0.39, 0.29) is 18.8 Å². The monoisotopic (exact) mass is 1030 g/mol. The van der Waals surface area contributed by atoms with E-state index in [0.29, 0.717) is 17.0 Å². The summed E-state index contributed by atoms with van der Waals surface area (Å²) in [4.78, 5) is 24.9. The van der Waals surface area contributed by atoms with E-state index in [9.17, 15) is 75.4 Å². The second kappa shape index (κ2) is 22.3. The normalized spacial score (nSPS) is 14.8. The van der Waals surface area contributed by atoms with Crippen molar-refractivity contribution in [3.63, 3.8) is 0 Å². The number of alkyl halides is 17. The summed E-state index contributed by atoms with van der Waals surface area (Å²) < 4.78 is 263. The molecule has 0 aliphatic rings. The van der Waals surface area contributed by atoms with Crippen LogP contribution in [0.3, 0.4) is 0 Å². The molecular weight excluding hydrogens is 982 g/mol. The highest BCUT2D eigenvalue weighted by Crippen LogP contribution is 2.64. The molecule has 0 aliphatic heterocycles. The van der Waals surface area contributed by atoms with E-state index in [2.05, 4.69) is 11.9 Å². The van der Waals surface area contributed by atoms with Crippen molar-refractivity contribution in [2.24, 2.45) is 5.92 Å². The average molecular weight is 1030 g/mol. The van der Waals surface area contributed by atoms with E-state index in [0.717, 1.165) is 0 Å². The van der Waals surface area contributed by atoms with Crippen molar-refractivity contribution in [3.05, 3.63) is 78.9 Å². The Morgan fingerprint density at radius 3 is 1.63 bits per heavy atom. The molecule has 0 spiro atoms. The molecule has 0 radical (unpaired) electrons. The van der Waals surface area contributed by atoms with Gasteiger partial charge >= 0.3 is 59.7 Å². The van der Waals surface area contributed by atoms with Crippen LogP contribution in [0.25, 0.3) is 0 Å². The zero-order chi connectivity index (χ0) is 52.5. The Hall–Kier alpha value is -4.75. The fraction of sp³-hybridized carbons (Fsp3) is 0.571. The fourth-order valence-electron chi connectivity index (χ4n) is 6.64. The Kier molecular flexibility index (Phi) is 19.5. The van der Waals surface area contributed by atoms with E-state index in [1.54, 1.807) is 31.2 Å². The second-order valence-electron chi connectivity index (χ2n) is 15.9. The molecule has 2 rings (SSSR count). The maximum atomic E-state index is 15.0. The number of rotatable bonds is 26. The largest absolute Gasteiger partial charge is 0.497 e. The molecule has 2 aromatic rings. The molecule has 26 heteroatoms. The van der Waals surface area contributed by atoms with Crippen LogP contribution in [0.5, 0.6) is 11.5 Å². The summed E-state index contributed by atoms with van der Waals surface area (Å²) >= 11 is 0. The molecular formula is C42H48F17NO7Si. The smallest absolute Gasteiger partial charge is 0.460 e. The molecule has 8 nitrogen and oxygen atoms in total. The maximum absolute atomic E-state index is 15.0. The summed E-state index contributed by atoms with van der Waals surface area (Å²) in [5.41, 5.74) is -1.02. The predicted molar refractivity (Wildman–Crippen MR) is 214 cm³/mol. The number of carbonyl (C=O) groups is 2. The van der Waals surface area contributed by atoms with Crippen LogP contribution in [0.4, 0.5) is 85.1 Å². The van der Waals surface area contributed by atoms with Crippen molar-refractivity contribution in [1.82, 2.24) is 0 Å². The van der Waals surface area contributed by atoms with Gasteiger partial charge in [0.15, 0.2) is 8.32 Å². The fourth-order valence-corrected chi connectivity index (χ4v) is 11.1. The molecule has 0 aromatic heterocycles. The van der Waals surface area contributed by atoms with Gasteiger partial charge < -0.3 is 23.4 Å². The van der Waals surface area contributed by atoms with Crippen LogP contribution in [0, 0.1) is 5.92 Å². The minimum absolute atomic E-state index is 0.0349. The van der Waals surface area contributed by atoms with E-state index < -0.39 is 117 Å². The average Bonchev–Trinajstić information content (AvgIpc) is 3.23. The zero-order valence-corrected chi connectivity index (χ0v) is 37.9. The number of halogens is 17. The summed E-state index contributed by atoms with van der Waals surface area (Å²) in [7, 11) is -2.58. The number of amides is 1. The Labute approximate surface area is 380 Å². The minimum Gasteiger partial charge on any atom is -0.497 e. The standard InChI is InChI=1S/C42H48F17NO7Si/c1-8-21-65-32(61)11-9-10-27(6)33(67-34(62)60-29-14-18-30(63-7)19-15-29)28-12-16-31(17-13-28)64-22-23-66-68(25(2)3,26(4)5)24-20-35(43,44)36(45,46)37(47,48)38(49,50)39(51,52)40(53,54)41(55,56)42(57,58)59/h8-9,11-19,25-27,33H,1,10,20-24H2,2-7H3,(H,60,62)/b11-9+/t27-,33+/m0/s1. The van der Waals surface area contributed by atoms with E-state index >= 15 is 8.78 Å². The van der Waals surface area contributed by atoms with Crippen molar-refractivity contribution < 1.29 is 108 Å². The lowest BCUT2D eigenvalue weighted by Gasteiger charge is -2.44. The third-order valence-corrected chi connectivity index (χ3v) is 16.4. The molecule has 0 unspecified atom stereocenters. The summed E-state index contributed by atoms with van der Waals surface area (Å²) in [6.45, 7) is 9.41. The highest BCUT2D eigenvalue weighted by molar-refractivity contribution is 6.76. The number of hydrogen-bond donors (Lipinski definition) is 1. The molecule has 0 heterocycles. The maximum Gasteiger partial charge on any atom is 0.460 e. The number of anilines is 1. The third kappa shape index (κ3) is 12.5. The number of nitrogens with one attached hydrogen (secondary N) is 1. The lowest BCUT2D eigenvalue weighted by Crippen LogP contribution is -2.74. The number of esters is 1. The highest BCUT2D eigenvalue weighted by Gasteiger charge is 2.95. The first-order chi connectivity index (χ1) is 31.0. The van der Waals surface area contributed by atoms with Gasteiger partial charge in [-0.1, -0.05) is 65.5 Å². The van der Waals surface area contributed by atoms with E-state index in [1.807, 2.05) is 0 Å². The van der Waals surface area contributed by atoms with E-state index in [1.165, 1.54) is 77.3 Å². The summed E-state index contributed by atoms with van der Waals surface area (Å²) in [5, 5.41) is 2.57. The van der Waals surface area contributed by atoms with Crippen molar-refractivity contribution in [3.8, 4) is 11.5 Å². The molecule has 1 N–H and O–H groups in total. The van der Waals surface area contributed by atoms with Gasteiger partial charge in [-0.25, -0.2) is 9.59 Å². The van der Waals surface area contributed by atoms with Crippen LogP contribution in [0.1, 0.15) is 59.1 Å². The van der Waals surface area contributed by atoms with Gasteiger partial charge in [0.25, 0.3) is 0 Å². The van der Waals surface area contributed by atoms with Crippen LogP contribution in [0.2, 0.25) is 17.1 Å².